The molecule has 1 saturated heterocycles. The Balaban J connectivity index is 2.75. The Morgan fingerprint density at radius 1 is 1.38 bits per heavy atom. The normalized spacial score (nSPS) is 24.8. The van der Waals surface area contributed by atoms with E-state index >= 15 is 0 Å². The van der Waals surface area contributed by atoms with Crippen molar-refractivity contribution in [1.29, 1.82) is 0 Å². The standard InChI is InChI=1S/C11H22OSi/c1-9(10-7-12-10)8-13(5,6)11(2,3)4/h8,10H,7H2,1-6H3/b9-8-/t10-/m0/s1. The van der Waals surface area contributed by atoms with Gasteiger partial charge in [-0.1, -0.05) is 45.1 Å². The first-order chi connectivity index (χ1) is 5.74. The monoisotopic (exact) mass is 198 g/mol. The molecule has 1 heterocycles. The Morgan fingerprint density at radius 2 is 1.85 bits per heavy atom. The minimum Gasteiger partial charge on any atom is -0.368 e. The Kier molecular flexibility index (Phi) is 2.75. The lowest BCUT2D eigenvalue weighted by molar-refractivity contribution is 0.432. The molecule has 0 N–H and O–H groups in total. The van der Waals surface area contributed by atoms with Gasteiger partial charge >= 0.3 is 0 Å². The van der Waals surface area contributed by atoms with Gasteiger partial charge in [-0.3, -0.25) is 0 Å². The summed E-state index contributed by atoms with van der Waals surface area (Å²) in [6, 6.07) is 0. The van der Waals surface area contributed by atoms with Crippen molar-refractivity contribution < 1.29 is 4.74 Å². The summed E-state index contributed by atoms with van der Waals surface area (Å²) in [5.41, 5.74) is 3.96. The zero-order chi connectivity index (χ0) is 10.3. The van der Waals surface area contributed by atoms with Crippen LogP contribution in [-0.2, 0) is 4.74 Å². The van der Waals surface area contributed by atoms with Gasteiger partial charge in [0.25, 0.3) is 0 Å². The van der Waals surface area contributed by atoms with Gasteiger partial charge in [0.2, 0.25) is 0 Å². The molecule has 0 aromatic rings. The highest BCUT2D eigenvalue weighted by Gasteiger charge is 2.35. The quantitative estimate of drug-likeness (QED) is 0.489. The first-order valence-electron chi connectivity index (χ1n) is 5.05. The van der Waals surface area contributed by atoms with Crippen molar-refractivity contribution in [2.24, 2.45) is 0 Å². The van der Waals surface area contributed by atoms with Crippen LogP contribution in [0.2, 0.25) is 18.1 Å². The molecule has 0 aromatic carbocycles. The molecule has 2 heteroatoms. The molecule has 1 aliphatic heterocycles. The second-order valence-corrected chi connectivity index (χ2v) is 10.9. The molecule has 1 nitrogen and oxygen atoms in total. The summed E-state index contributed by atoms with van der Waals surface area (Å²) < 4.78 is 5.28. The fourth-order valence-corrected chi connectivity index (χ4v) is 2.95. The van der Waals surface area contributed by atoms with Crippen LogP contribution in [-0.4, -0.2) is 20.8 Å². The molecular weight excluding hydrogens is 176 g/mol. The maximum atomic E-state index is 5.28. The molecule has 0 spiro atoms. The molecule has 13 heavy (non-hydrogen) atoms. The number of hydrogen-bond acceptors (Lipinski definition) is 1. The van der Waals surface area contributed by atoms with Gasteiger partial charge in [0, 0.05) is 0 Å². The Labute approximate surface area is 83.2 Å². The van der Waals surface area contributed by atoms with E-state index in [-0.39, 0.29) is 0 Å². The van der Waals surface area contributed by atoms with Crippen molar-refractivity contribution in [2.75, 3.05) is 6.61 Å². The van der Waals surface area contributed by atoms with Crippen LogP contribution in [0, 0.1) is 0 Å². The summed E-state index contributed by atoms with van der Waals surface area (Å²) in [6.07, 6.45) is 0.453. The molecule has 0 aliphatic carbocycles. The molecule has 0 bridgehead atoms. The molecule has 0 aromatic heterocycles. The second-order valence-electron chi connectivity index (χ2n) is 5.68. The van der Waals surface area contributed by atoms with Crippen LogP contribution in [0.25, 0.3) is 0 Å². The molecule has 1 fully saturated rings. The molecule has 0 unspecified atom stereocenters. The van der Waals surface area contributed by atoms with Crippen molar-refractivity contribution in [3.8, 4) is 0 Å². The van der Waals surface area contributed by atoms with Crippen LogP contribution in [0.15, 0.2) is 11.3 Å². The summed E-state index contributed by atoms with van der Waals surface area (Å²) in [6.45, 7) is 15.0. The average Bonchev–Trinajstić information content (AvgIpc) is 2.62. The predicted molar refractivity (Wildman–Crippen MR) is 60.7 cm³/mol. The summed E-state index contributed by atoms with van der Waals surface area (Å²) in [4.78, 5) is 0. The van der Waals surface area contributed by atoms with Crippen LogP contribution in [0.5, 0.6) is 0 Å². The van der Waals surface area contributed by atoms with Crippen LogP contribution in [0.4, 0.5) is 0 Å². The number of hydrogen-bond donors (Lipinski definition) is 0. The number of rotatable bonds is 2. The van der Waals surface area contributed by atoms with E-state index in [4.69, 9.17) is 4.74 Å². The Hall–Kier alpha value is -0.0831. The fraction of sp³-hybridized carbons (Fsp3) is 0.818. The third-order valence-corrected chi connectivity index (χ3v) is 8.41. The third kappa shape index (κ3) is 2.68. The van der Waals surface area contributed by atoms with Gasteiger partial charge in [-0.15, -0.1) is 0 Å². The van der Waals surface area contributed by atoms with Crippen LogP contribution in [0.3, 0.4) is 0 Å². The zero-order valence-electron chi connectivity index (χ0n) is 9.77. The largest absolute Gasteiger partial charge is 0.368 e. The highest BCUT2D eigenvalue weighted by atomic mass is 28.3. The maximum absolute atomic E-state index is 5.28. The highest BCUT2D eigenvalue weighted by molar-refractivity contribution is 6.84. The summed E-state index contributed by atoms with van der Waals surface area (Å²) in [7, 11) is -1.23. The van der Waals surface area contributed by atoms with Crippen molar-refractivity contribution in [1.82, 2.24) is 0 Å². The molecule has 0 radical (unpaired) electrons. The van der Waals surface area contributed by atoms with Gasteiger partial charge < -0.3 is 4.74 Å². The minimum absolute atomic E-state index is 0.448. The van der Waals surface area contributed by atoms with Gasteiger partial charge in [0.1, 0.15) is 6.10 Å². The zero-order valence-corrected chi connectivity index (χ0v) is 10.8. The van der Waals surface area contributed by atoms with Crippen molar-refractivity contribution in [3.05, 3.63) is 11.3 Å². The van der Waals surface area contributed by atoms with E-state index in [1.165, 1.54) is 5.57 Å². The average molecular weight is 198 g/mol. The maximum Gasteiger partial charge on any atom is 0.101 e. The number of epoxide rings is 1. The molecule has 0 amide bonds. The second kappa shape index (κ2) is 3.25. The summed E-state index contributed by atoms with van der Waals surface area (Å²) >= 11 is 0. The minimum atomic E-state index is -1.23. The fourth-order valence-electron chi connectivity index (χ4n) is 1.19. The molecular formula is C11H22OSi. The third-order valence-electron chi connectivity index (χ3n) is 3.36. The molecule has 0 saturated carbocycles. The van der Waals surface area contributed by atoms with Gasteiger partial charge in [-0.05, 0) is 12.0 Å². The topological polar surface area (TPSA) is 12.5 Å². The van der Waals surface area contributed by atoms with E-state index in [0.29, 0.717) is 11.1 Å². The van der Waals surface area contributed by atoms with Crippen LogP contribution in [0.1, 0.15) is 27.7 Å². The predicted octanol–water partition coefficient (Wildman–Crippen LogP) is 3.38. The molecule has 1 atom stereocenters. The van der Waals surface area contributed by atoms with E-state index in [0.717, 1.165) is 6.61 Å². The highest BCUT2D eigenvalue weighted by Crippen LogP contribution is 2.38. The van der Waals surface area contributed by atoms with Crippen LogP contribution < -0.4 is 0 Å². The summed E-state index contributed by atoms with van der Waals surface area (Å²) in [5.74, 6) is 0. The lowest BCUT2D eigenvalue weighted by Crippen LogP contribution is -2.35. The van der Waals surface area contributed by atoms with Gasteiger partial charge in [0.15, 0.2) is 0 Å². The lowest BCUT2D eigenvalue weighted by Gasteiger charge is -2.34. The SMILES string of the molecule is C/C(=C/[Si](C)(C)C(C)(C)C)[C@@H]1CO1. The van der Waals surface area contributed by atoms with Crippen LogP contribution >= 0.6 is 0 Å². The van der Waals surface area contributed by atoms with Crippen molar-refractivity contribution in [3.63, 3.8) is 0 Å². The van der Waals surface area contributed by atoms with Gasteiger partial charge in [-0.25, -0.2) is 0 Å². The van der Waals surface area contributed by atoms with E-state index in [1.54, 1.807) is 0 Å². The lowest BCUT2D eigenvalue weighted by atomic mass is 10.2. The molecule has 1 aliphatic rings. The Bertz CT molecular complexity index is 219. The van der Waals surface area contributed by atoms with E-state index in [2.05, 4.69) is 46.5 Å². The number of ether oxygens (including phenoxy) is 1. The van der Waals surface area contributed by atoms with Gasteiger partial charge in [0.05, 0.1) is 14.7 Å². The first kappa shape index (κ1) is 11.0. The van der Waals surface area contributed by atoms with Gasteiger partial charge in [-0.2, -0.15) is 0 Å². The van der Waals surface area contributed by atoms with E-state index in [9.17, 15) is 0 Å². The molecule has 76 valence electrons. The van der Waals surface area contributed by atoms with E-state index < -0.39 is 8.07 Å². The van der Waals surface area contributed by atoms with Crippen molar-refractivity contribution in [2.45, 2.75) is 51.9 Å². The Morgan fingerprint density at radius 3 is 2.15 bits per heavy atom. The van der Waals surface area contributed by atoms with E-state index in [1.807, 2.05) is 0 Å². The molecule has 1 rings (SSSR count). The smallest absolute Gasteiger partial charge is 0.101 e. The first-order valence-corrected chi connectivity index (χ1v) is 8.13. The summed E-state index contributed by atoms with van der Waals surface area (Å²) in [5, 5.41) is 0.448. The van der Waals surface area contributed by atoms with Crippen molar-refractivity contribution >= 4 is 8.07 Å².